The van der Waals surface area contributed by atoms with Crippen molar-refractivity contribution in [3.05, 3.63) is 15.6 Å². The Bertz CT molecular complexity index is 284. The fourth-order valence-electron chi connectivity index (χ4n) is 1.21. The van der Waals surface area contributed by atoms with Gasteiger partial charge in [0.2, 0.25) is 0 Å². The summed E-state index contributed by atoms with van der Waals surface area (Å²) in [5, 5.41) is 2.21. The molecule has 0 saturated heterocycles. The van der Waals surface area contributed by atoms with Crippen LogP contribution in [-0.2, 0) is 11.1 Å². The second kappa shape index (κ2) is 6.13. The number of rotatable bonds is 5. The zero-order chi connectivity index (χ0) is 10.6. The summed E-state index contributed by atoms with van der Waals surface area (Å²) in [6.07, 6.45) is 0. The molecular weight excluding hydrogens is 278 g/mol. The first kappa shape index (κ1) is 12.5. The summed E-state index contributed by atoms with van der Waals surface area (Å²) in [6.45, 7) is 6.60. The van der Waals surface area contributed by atoms with Gasteiger partial charge in [-0.1, -0.05) is 36.7 Å². The largest absolute Gasteiger partial charge is 0.245 e. The van der Waals surface area contributed by atoms with Crippen LogP contribution >= 0.6 is 39.0 Å². The zero-order valence-electron chi connectivity index (χ0n) is 8.84. The Morgan fingerprint density at radius 1 is 1.50 bits per heavy atom. The van der Waals surface area contributed by atoms with E-state index in [1.165, 1.54) is 21.3 Å². The van der Waals surface area contributed by atoms with Gasteiger partial charge in [0.15, 0.2) is 0 Å². The Balaban J connectivity index is 2.78. The first-order valence-electron chi connectivity index (χ1n) is 4.81. The van der Waals surface area contributed by atoms with E-state index in [2.05, 4.69) is 41.7 Å². The highest BCUT2D eigenvalue weighted by molar-refractivity contribution is 9.08. The minimum Gasteiger partial charge on any atom is -0.245 e. The molecule has 4 heteroatoms. The van der Waals surface area contributed by atoms with Crippen LogP contribution in [0.2, 0.25) is 0 Å². The number of alkyl halides is 1. The molecule has 1 heterocycles. The van der Waals surface area contributed by atoms with Gasteiger partial charge in [0.05, 0.1) is 5.69 Å². The highest BCUT2D eigenvalue weighted by atomic mass is 79.9. The molecule has 0 aromatic carbocycles. The Morgan fingerprint density at radius 3 is 2.64 bits per heavy atom. The highest BCUT2D eigenvalue weighted by Crippen LogP contribution is 2.28. The lowest BCUT2D eigenvalue weighted by Gasteiger charge is -2.01. The van der Waals surface area contributed by atoms with Crippen molar-refractivity contribution in [3.63, 3.8) is 0 Å². The predicted octanol–water partition coefficient (Wildman–Crippen LogP) is 4.41. The minimum absolute atomic E-state index is 0.541. The van der Waals surface area contributed by atoms with Crippen molar-refractivity contribution in [3.8, 4) is 0 Å². The number of hydrogen-bond donors (Lipinski definition) is 0. The Morgan fingerprint density at radius 2 is 2.21 bits per heavy atom. The van der Waals surface area contributed by atoms with Gasteiger partial charge < -0.3 is 0 Å². The molecule has 0 aliphatic heterocycles. The van der Waals surface area contributed by atoms with Crippen molar-refractivity contribution in [2.24, 2.45) is 0 Å². The van der Waals surface area contributed by atoms with Crippen LogP contribution in [0.15, 0.2) is 0 Å². The molecule has 0 atom stereocenters. The van der Waals surface area contributed by atoms with Gasteiger partial charge in [0.1, 0.15) is 5.01 Å². The predicted molar refractivity (Wildman–Crippen MR) is 70.7 cm³/mol. The molecule has 0 saturated carbocycles. The fourth-order valence-corrected chi connectivity index (χ4v) is 3.64. The van der Waals surface area contributed by atoms with Crippen molar-refractivity contribution in [2.45, 2.75) is 37.8 Å². The van der Waals surface area contributed by atoms with Gasteiger partial charge >= 0.3 is 0 Å². The third kappa shape index (κ3) is 3.24. The molecule has 0 fully saturated rings. The maximum atomic E-state index is 4.69. The summed E-state index contributed by atoms with van der Waals surface area (Å²) in [7, 11) is 0. The molecule has 0 bridgehead atoms. The summed E-state index contributed by atoms with van der Waals surface area (Å²) >= 11 is 7.31. The summed E-state index contributed by atoms with van der Waals surface area (Å²) in [4.78, 5) is 6.08. The van der Waals surface area contributed by atoms with E-state index in [0.717, 1.165) is 11.1 Å². The molecule has 0 N–H and O–H groups in total. The van der Waals surface area contributed by atoms with Crippen molar-refractivity contribution >= 4 is 39.0 Å². The van der Waals surface area contributed by atoms with Crippen LogP contribution < -0.4 is 0 Å². The molecule has 14 heavy (non-hydrogen) atoms. The molecule has 1 aromatic rings. The highest BCUT2D eigenvalue weighted by Gasteiger charge is 2.12. The lowest BCUT2D eigenvalue weighted by atomic mass is 10.1. The van der Waals surface area contributed by atoms with E-state index in [-0.39, 0.29) is 0 Å². The standard InChI is InChI=1S/C10H16BrNS2/c1-4-13-6-9-12-10(7(2)3)8(5-11)14-9/h7H,4-6H2,1-3H3. The number of aromatic nitrogens is 1. The van der Waals surface area contributed by atoms with Crippen molar-refractivity contribution in [1.82, 2.24) is 4.98 Å². The monoisotopic (exact) mass is 293 g/mol. The van der Waals surface area contributed by atoms with Gasteiger partial charge in [0, 0.05) is 16.0 Å². The zero-order valence-corrected chi connectivity index (χ0v) is 12.1. The van der Waals surface area contributed by atoms with E-state index in [0.29, 0.717) is 5.92 Å². The number of nitrogens with zero attached hydrogens (tertiary/aromatic N) is 1. The number of thioether (sulfide) groups is 1. The van der Waals surface area contributed by atoms with Gasteiger partial charge in [-0.2, -0.15) is 11.8 Å². The van der Waals surface area contributed by atoms with E-state index in [4.69, 9.17) is 0 Å². The maximum Gasteiger partial charge on any atom is 0.103 e. The summed E-state index contributed by atoms with van der Waals surface area (Å²) in [5.74, 6) is 2.77. The normalized spacial score (nSPS) is 11.2. The average molecular weight is 294 g/mol. The van der Waals surface area contributed by atoms with Gasteiger partial charge in [-0.25, -0.2) is 4.98 Å². The van der Waals surface area contributed by atoms with E-state index in [1.807, 2.05) is 23.1 Å². The third-order valence-corrected chi connectivity index (χ3v) is 4.94. The second-order valence-corrected chi connectivity index (χ2v) is 6.34. The lowest BCUT2D eigenvalue weighted by molar-refractivity contribution is 0.819. The SMILES string of the molecule is CCSCc1nc(C(C)C)c(CBr)s1. The molecule has 0 aliphatic rings. The topological polar surface area (TPSA) is 12.9 Å². The fraction of sp³-hybridized carbons (Fsp3) is 0.700. The molecule has 0 radical (unpaired) electrons. The minimum atomic E-state index is 0.541. The lowest BCUT2D eigenvalue weighted by Crippen LogP contribution is -1.91. The Kier molecular flexibility index (Phi) is 5.49. The van der Waals surface area contributed by atoms with E-state index < -0.39 is 0 Å². The second-order valence-electron chi connectivity index (χ2n) is 3.34. The molecule has 1 rings (SSSR count). The van der Waals surface area contributed by atoms with E-state index in [9.17, 15) is 0 Å². The third-order valence-electron chi connectivity index (χ3n) is 1.87. The quantitative estimate of drug-likeness (QED) is 0.746. The van der Waals surface area contributed by atoms with Crippen LogP contribution in [0.5, 0.6) is 0 Å². The van der Waals surface area contributed by atoms with Crippen LogP contribution in [0.1, 0.15) is 42.3 Å². The van der Waals surface area contributed by atoms with Gasteiger partial charge in [-0.15, -0.1) is 11.3 Å². The summed E-state index contributed by atoms with van der Waals surface area (Å²) in [6, 6.07) is 0. The molecule has 1 nitrogen and oxygen atoms in total. The summed E-state index contributed by atoms with van der Waals surface area (Å²) in [5.41, 5.74) is 1.28. The number of hydrogen-bond acceptors (Lipinski definition) is 3. The number of halogens is 1. The van der Waals surface area contributed by atoms with Gasteiger partial charge in [-0.3, -0.25) is 0 Å². The molecular formula is C10H16BrNS2. The van der Waals surface area contributed by atoms with Crippen LogP contribution in [0.4, 0.5) is 0 Å². The molecule has 0 unspecified atom stereocenters. The van der Waals surface area contributed by atoms with Crippen LogP contribution in [0.3, 0.4) is 0 Å². The first-order valence-corrected chi connectivity index (χ1v) is 7.90. The molecule has 0 aliphatic carbocycles. The first-order chi connectivity index (χ1) is 6.69. The Labute approximate surface area is 103 Å². The maximum absolute atomic E-state index is 4.69. The van der Waals surface area contributed by atoms with Crippen LogP contribution in [0, 0.1) is 0 Å². The van der Waals surface area contributed by atoms with Gasteiger partial charge in [-0.05, 0) is 11.7 Å². The summed E-state index contributed by atoms with van der Waals surface area (Å²) < 4.78 is 0. The number of thiazole rings is 1. The smallest absolute Gasteiger partial charge is 0.103 e. The van der Waals surface area contributed by atoms with E-state index in [1.54, 1.807) is 0 Å². The molecule has 0 amide bonds. The van der Waals surface area contributed by atoms with Crippen molar-refractivity contribution in [1.29, 1.82) is 0 Å². The molecule has 1 aromatic heterocycles. The van der Waals surface area contributed by atoms with Crippen LogP contribution in [-0.4, -0.2) is 10.7 Å². The molecule has 0 spiro atoms. The average Bonchev–Trinajstić information content (AvgIpc) is 2.57. The van der Waals surface area contributed by atoms with Crippen molar-refractivity contribution in [2.75, 3.05) is 5.75 Å². The van der Waals surface area contributed by atoms with Crippen LogP contribution in [0.25, 0.3) is 0 Å². The van der Waals surface area contributed by atoms with Gasteiger partial charge in [0.25, 0.3) is 0 Å². The Hall–Kier alpha value is 0.460. The molecule has 80 valence electrons. The van der Waals surface area contributed by atoms with E-state index >= 15 is 0 Å². The van der Waals surface area contributed by atoms with Crippen molar-refractivity contribution < 1.29 is 0 Å².